The predicted molar refractivity (Wildman–Crippen MR) is 151 cm³/mol. The molecule has 12 nitrogen and oxygen atoms in total. The number of hydrogen-bond donors (Lipinski definition) is 2. The van der Waals surface area contributed by atoms with E-state index < -0.39 is 35.4 Å². The van der Waals surface area contributed by atoms with Crippen molar-refractivity contribution in [2.24, 2.45) is 0 Å². The molecule has 2 amide bonds. The number of likely N-dealkylation sites (N-methyl/N-ethyl adjacent to an activating group) is 1. The van der Waals surface area contributed by atoms with E-state index in [1.165, 1.54) is 17.2 Å². The molecule has 1 saturated heterocycles. The van der Waals surface area contributed by atoms with Gasteiger partial charge in [-0.15, -0.1) is 0 Å². The second kappa shape index (κ2) is 12.6. The number of benzene rings is 2. The molecule has 0 saturated carbocycles. The number of carboxylic acids is 1. The Morgan fingerprint density at radius 3 is 2.60 bits per heavy atom. The molecule has 0 bridgehead atoms. The van der Waals surface area contributed by atoms with Crippen LogP contribution in [-0.2, 0) is 23.9 Å². The quantitative estimate of drug-likeness (QED) is 0.298. The fourth-order valence-corrected chi connectivity index (χ4v) is 4.24. The monoisotopic (exact) mass is 585 g/mol. The molecule has 2 aliphatic heterocycles. The van der Waals surface area contributed by atoms with Gasteiger partial charge >= 0.3 is 11.9 Å². The SMILES string of the molecule is CN1C(=O)[C@@H](NC(=O)c2cc(Oc3ccccc3)ccn2)COc2ccc(C#CC3(OC(=O)CCC(=O)O)COC3)cc21. The van der Waals surface area contributed by atoms with Crippen LogP contribution in [0.2, 0.25) is 0 Å². The van der Waals surface area contributed by atoms with Crippen molar-refractivity contribution in [3.05, 3.63) is 78.1 Å². The number of amides is 2. The lowest BCUT2D eigenvalue weighted by Crippen LogP contribution is -2.52. The van der Waals surface area contributed by atoms with Crippen molar-refractivity contribution in [1.82, 2.24) is 10.3 Å². The molecule has 3 aromatic rings. The van der Waals surface area contributed by atoms with E-state index in [0.717, 1.165) is 0 Å². The van der Waals surface area contributed by atoms with Crippen molar-refractivity contribution in [3.8, 4) is 29.1 Å². The third-order valence-electron chi connectivity index (χ3n) is 6.56. The van der Waals surface area contributed by atoms with Gasteiger partial charge in [-0.3, -0.25) is 24.2 Å². The molecular formula is C31H27N3O9. The maximum Gasteiger partial charge on any atom is 0.308 e. The van der Waals surface area contributed by atoms with E-state index in [2.05, 4.69) is 22.1 Å². The number of fused-ring (bicyclic) bond motifs is 1. The Morgan fingerprint density at radius 2 is 1.88 bits per heavy atom. The number of nitrogens with zero attached hydrogens (tertiary/aromatic N) is 2. The molecule has 0 spiro atoms. The van der Waals surface area contributed by atoms with Crippen LogP contribution in [0.5, 0.6) is 17.2 Å². The second-order valence-electron chi connectivity index (χ2n) is 9.81. The van der Waals surface area contributed by atoms with Crippen LogP contribution in [-0.4, -0.2) is 72.4 Å². The zero-order valence-corrected chi connectivity index (χ0v) is 23.1. The molecular weight excluding hydrogens is 558 g/mol. The third-order valence-corrected chi connectivity index (χ3v) is 6.56. The zero-order valence-electron chi connectivity index (χ0n) is 23.1. The molecule has 220 valence electrons. The Bertz CT molecular complexity index is 1610. The highest BCUT2D eigenvalue weighted by molar-refractivity contribution is 6.03. The first kappa shape index (κ1) is 29.1. The summed E-state index contributed by atoms with van der Waals surface area (Å²) in [5.41, 5.74) is -0.159. The molecule has 1 atom stereocenters. The van der Waals surface area contributed by atoms with Crippen LogP contribution >= 0.6 is 0 Å². The summed E-state index contributed by atoms with van der Waals surface area (Å²) in [6.45, 7) is 0.00540. The number of carbonyl (C=O) groups is 4. The van der Waals surface area contributed by atoms with Crippen LogP contribution in [0.1, 0.15) is 28.9 Å². The summed E-state index contributed by atoms with van der Waals surface area (Å²) in [4.78, 5) is 54.6. The number of aromatic nitrogens is 1. The first-order chi connectivity index (χ1) is 20.7. The first-order valence-electron chi connectivity index (χ1n) is 13.3. The molecule has 1 aromatic heterocycles. The fourth-order valence-electron chi connectivity index (χ4n) is 4.24. The zero-order chi connectivity index (χ0) is 30.4. The molecule has 2 N–H and O–H groups in total. The van der Waals surface area contributed by atoms with Gasteiger partial charge in [0.1, 0.15) is 48.8 Å². The Kier molecular flexibility index (Phi) is 8.54. The van der Waals surface area contributed by atoms with E-state index in [1.807, 2.05) is 18.2 Å². The first-order valence-corrected chi connectivity index (χ1v) is 13.3. The Labute approximate surface area is 246 Å². The number of para-hydroxylation sites is 1. The normalized spacial score (nSPS) is 16.6. The van der Waals surface area contributed by atoms with Gasteiger partial charge in [0.05, 0.1) is 18.5 Å². The number of rotatable bonds is 8. The largest absolute Gasteiger partial charge is 0.489 e. The lowest BCUT2D eigenvalue weighted by molar-refractivity contribution is -0.192. The van der Waals surface area contributed by atoms with Crippen molar-refractivity contribution in [2.45, 2.75) is 24.5 Å². The summed E-state index contributed by atoms with van der Waals surface area (Å²) in [6.07, 6.45) is 0.823. The van der Waals surface area contributed by atoms with Crippen LogP contribution in [0.15, 0.2) is 66.9 Å². The summed E-state index contributed by atoms with van der Waals surface area (Å²) < 4.78 is 22.2. The van der Waals surface area contributed by atoms with E-state index in [0.29, 0.717) is 28.5 Å². The van der Waals surface area contributed by atoms with Crippen LogP contribution in [0.4, 0.5) is 5.69 Å². The van der Waals surface area contributed by atoms with Gasteiger partial charge in [0.25, 0.3) is 11.8 Å². The van der Waals surface area contributed by atoms with Gasteiger partial charge in [-0.2, -0.15) is 0 Å². The van der Waals surface area contributed by atoms with Crippen LogP contribution < -0.4 is 19.7 Å². The Morgan fingerprint density at radius 1 is 1.09 bits per heavy atom. The van der Waals surface area contributed by atoms with Crippen molar-refractivity contribution in [2.75, 3.05) is 31.8 Å². The molecule has 0 radical (unpaired) electrons. The van der Waals surface area contributed by atoms with Crippen molar-refractivity contribution < 1.29 is 43.2 Å². The van der Waals surface area contributed by atoms with E-state index in [1.54, 1.807) is 43.4 Å². The lowest BCUT2D eigenvalue weighted by Gasteiger charge is -2.35. The topological polar surface area (TPSA) is 154 Å². The molecule has 5 rings (SSSR count). The molecule has 1 fully saturated rings. The van der Waals surface area contributed by atoms with Crippen LogP contribution in [0.25, 0.3) is 0 Å². The Balaban J connectivity index is 1.25. The number of carboxylic acid groups (broad SMARTS) is 1. The third kappa shape index (κ3) is 7.09. The number of carbonyl (C=O) groups excluding carboxylic acids is 3. The number of pyridine rings is 1. The van der Waals surface area contributed by atoms with Crippen molar-refractivity contribution in [3.63, 3.8) is 0 Å². The maximum absolute atomic E-state index is 13.3. The van der Waals surface area contributed by atoms with Crippen LogP contribution in [0, 0.1) is 11.8 Å². The number of anilines is 1. The summed E-state index contributed by atoms with van der Waals surface area (Å²) in [5, 5.41) is 11.5. The number of aliphatic carboxylic acids is 1. The number of esters is 1. The summed E-state index contributed by atoms with van der Waals surface area (Å²) in [7, 11) is 1.56. The molecule has 2 aliphatic rings. The van der Waals surface area contributed by atoms with E-state index in [9.17, 15) is 19.2 Å². The lowest BCUT2D eigenvalue weighted by atomic mass is 10.0. The van der Waals surface area contributed by atoms with Crippen molar-refractivity contribution >= 4 is 29.4 Å². The second-order valence-corrected chi connectivity index (χ2v) is 9.81. The average Bonchev–Trinajstić information content (AvgIpc) is 3.10. The highest BCUT2D eigenvalue weighted by atomic mass is 16.6. The smallest absolute Gasteiger partial charge is 0.308 e. The molecule has 0 aliphatic carbocycles. The molecule has 43 heavy (non-hydrogen) atoms. The van der Waals surface area contributed by atoms with Gasteiger partial charge in [0, 0.05) is 24.9 Å². The van der Waals surface area contributed by atoms with Gasteiger partial charge in [-0.25, -0.2) is 0 Å². The van der Waals surface area contributed by atoms with Crippen molar-refractivity contribution in [1.29, 1.82) is 0 Å². The van der Waals surface area contributed by atoms with Gasteiger partial charge in [-0.1, -0.05) is 24.1 Å². The van der Waals surface area contributed by atoms with Gasteiger partial charge in [0.15, 0.2) is 0 Å². The molecule has 2 aromatic carbocycles. The minimum absolute atomic E-state index is 0.0583. The fraction of sp³-hybridized carbons (Fsp3) is 0.258. The highest BCUT2D eigenvalue weighted by Gasteiger charge is 2.41. The number of ether oxygens (including phenoxy) is 4. The maximum atomic E-state index is 13.3. The minimum Gasteiger partial charge on any atom is -0.489 e. The highest BCUT2D eigenvalue weighted by Crippen LogP contribution is 2.32. The Hall–Kier alpha value is -5.41. The minimum atomic E-state index is -1.17. The molecule has 0 unspecified atom stereocenters. The van der Waals surface area contributed by atoms with E-state index in [4.69, 9.17) is 24.1 Å². The van der Waals surface area contributed by atoms with Gasteiger partial charge in [-0.05, 0) is 42.3 Å². The van der Waals surface area contributed by atoms with E-state index in [-0.39, 0.29) is 38.4 Å². The van der Waals surface area contributed by atoms with Gasteiger partial charge in [0.2, 0.25) is 5.60 Å². The summed E-state index contributed by atoms with van der Waals surface area (Å²) in [6, 6.07) is 16.2. The average molecular weight is 586 g/mol. The summed E-state index contributed by atoms with van der Waals surface area (Å²) in [5.74, 6) is 4.51. The summed E-state index contributed by atoms with van der Waals surface area (Å²) >= 11 is 0. The van der Waals surface area contributed by atoms with E-state index >= 15 is 0 Å². The number of hydrogen-bond acceptors (Lipinski definition) is 9. The molecule has 3 heterocycles. The van der Waals surface area contributed by atoms with Gasteiger partial charge < -0.3 is 34.3 Å². The standard InChI is InChI=1S/C31H27N3O9/c1-34-25-15-20(11-13-31(18-40-19-31)43-28(37)10-9-27(35)36)7-8-26(25)41-17-24(30(34)39)33-29(38)23-16-22(12-14-32-23)42-21-5-3-2-4-6-21/h2-8,12,14-16,24H,9-10,17-19H2,1H3,(H,33,38)(H,35,36)/t24-/m0/s1. The van der Waals surface area contributed by atoms with Crippen LogP contribution in [0.3, 0.4) is 0 Å². The number of nitrogens with one attached hydrogen (secondary N) is 1. The predicted octanol–water partition coefficient (Wildman–Crippen LogP) is 2.56. The molecule has 12 heteroatoms.